The Morgan fingerprint density at radius 1 is 1.16 bits per heavy atom. The third-order valence-electron chi connectivity index (χ3n) is 3.36. The third kappa shape index (κ3) is 5.08. The molecule has 0 radical (unpaired) electrons. The molecular formula is C19H17NO5. The summed E-state index contributed by atoms with van der Waals surface area (Å²) >= 11 is 0. The average molecular weight is 339 g/mol. The van der Waals surface area contributed by atoms with E-state index < -0.39 is 18.0 Å². The van der Waals surface area contributed by atoms with Crippen molar-refractivity contribution in [3.63, 3.8) is 0 Å². The summed E-state index contributed by atoms with van der Waals surface area (Å²) in [4.78, 5) is 23.5. The summed E-state index contributed by atoms with van der Waals surface area (Å²) in [5.41, 5.74) is 1.56. The molecule has 0 bridgehead atoms. The van der Waals surface area contributed by atoms with Gasteiger partial charge in [0.1, 0.15) is 12.4 Å². The van der Waals surface area contributed by atoms with E-state index in [-0.39, 0.29) is 6.61 Å². The molecular weight excluding hydrogens is 322 g/mol. The lowest BCUT2D eigenvalue weighted by Gasteiger charge is -2.14. The van der Waals surface area contributed by atoms with Gasteiger partial charge in [0.2, 0.25) is 0 Å². The first kappa shape index (κ1) is 18.0. The van der Waals surface area contributed by atoms with Gasteiger partial charge in [0.05, 0.1) is 24.3 Å². The number of ether oxygens (including phenoxy) is 3. The zero-order valence-corrected chi connectivity index (χ0v) is 13.9. The molecule has 0 N–H and O–H groups in total. The molecule has 0 aliphatic heterocycles. The van der Waals surface area contributed by atoms with Gasteiger partial charge >= 0.3 is 11.9 Å². The summed E-state index contributed by atoms with van der Waals surface area (Å²) in [6, 6.07) is 15.1. The summed E-state index contributed by atoms with van der Waals surface area (Å²) in [5, 5.41) is 8.75. The van der Waals surface area contributed by atoms with Crippen LogP contribution in [0.1, 0.15) is 28.4 Å². The summed E-state index contributed by atoms with van der Waals surface area (Å²) in [7, 11) is 1.30. The second-order valence-corrected chi connectivity index (χ2v) is 5.20. The minimum Gasteiger partial charge on any atom is -0.479 e. The number of hydrogen-bond donors (Lipinski definition) is 0. The number of benzene rings is 2. The number of rotatable bonds is 6. The molecule has 0 amide bonds. The molecule has 2 aromatic carbocycles. The van der Waals surface area contributed by atoms with Crippen LogP contribution >= 0.6 is 0 Å². The predicted molar refractivity (Wildman–Crippen MR) is 88.8 cm³/mol. The van der Waals surface area contributed by atoms with Gasteiger partial charge in [-0.25, -0.2) is 9.59 Å². The smallest absolute Gasteiger partial charge is 0.347 e. The first-order valence-electron chi connectivity index (χ1n) is 7.54. The van der Waals surface area contributed by atoms with Crippen molar-refractivity contribution in [1.29, 1.82) is 5.26 Å². The van der Waals surface area contributed by atoms with Crippen molar-refractivity contribution in [2.75, 3.05) is 7.11 Å². The fourth-order valence-electron chi connectivity index (χ4n) is 2.04. The number of carbonyl (C=O) groups is 2. The van der Waals surface area contributed by atoms with Crippen LogP contribution in [0.5, 0.6) is 5.75 Å². The molecule has 2 rings (SSSR count). The maximum absolute atomic E-state index is 12.0. The van der Waals surface area contributed by atoms with E-state index in [2.05, 4.69) is 4.74 Å². The molecule has 0 heterocycles. The molecule has 6 nitrogen and oxygen atoms in total. The third-order valence-corrected chi connectivity index (χ3v) is 3.36. The van der Waals surface area contributed by atoms with Crippen LogP contribution in [0.25, 0.3) is 0 Å². The normalized spacial score (nSPS) is 11.1. The van der Waals surface area contributed by atoms with Crippen molar-refractivity contribution < 1.29 is 23.8 Å². The van der Waals surface area contributed by atoms with Crippen LogP contribution in [0.2, 0.25) is 0 Å². The van der Waals surface area contributed by atoms with E-state index in [1.54, 1.807) is 55.5 Å². The van der Waals surface area contributed by atoms with Crippen molar-refractivity contribution in [2.24, 2.45) is 0 Å². The molecule has 0 unspecified atom stereocenters. The van der Waals surface area contributed by atoms with Gasteiger partial charge in [-0.1, -0.05) is 12.1 Å². The minimum atomic E-state index is -0.809. The molecule has 0 aliphatic rings. The van der Waals surface area contributed by atoms with Gasteiger partial charge in [0.25, 0.3) is 0 Å². The number of hydrogen-bond acceptors (Lipinski definition) is 6. The Morgan fingerprint density at radius 3 is 2.52 bits per heavy atom. The molecule has 0 aliphatic carbocycles. The molecule has 25 heavy (non-hydrogen) atoms. The zero-order valence-electron chi connectivity index (χ0n) is 13.9. The van der Waals surface area contributed by atoms with Crippen molar-refractivity contribution in [2.45, 2.75) is 19.6 Å². The number of carbonyl (C=O) groups excluding carboxylic acids is 2. The lowest BCUT2D eigenvalue weighted by Crippen LogP contribution is -2.26. The Hall–Kier alpha value is -3.33. The maximum atomic E-state index is 12.0. The van der Waals surface area contributed by atoms with Gasteiger partial charge in [-0.15, -0.1) is 0 Å². The Kier molecular flexibility index (Phi) is 6.13. The SMILES string of the molecule is COC(=O)c1cccc(COC(=O)[C@@H](C)Oc2ccc(C#N)cc2)c1. The van der Waals surface area contributed by atoms with Crippen LogP contribution in [0.4, 0.5) is 0 Å². The quantitative estimate of drug-likeness (QED) is 0.752. The second kappa shape index (κ2) is 8.50. The molecule has 0 spiro atoms. The highest BCUT2D eigenvalue weighted by Crippen LogP contribution is 2.14. The lowest BCUT2D eigenvalue weighted by atomic mass is 10.1. The maximum Gasteiger partial charge on any atom is 0.347 e. The molecule has 1 atom stereocenters. The average Bonchev–Trinajstić information content (AvgIpc) is 2.66. The van der Waals surface area contributed by atoms with E-state index in [9.17, 15) is 9.59 Å². The Balaban J connectivity index is 1.90. The van der Waals surface area contributed by atoms with Crippen LogP contribution in [0, 0.1) is 11.3 Å². The summed E-state index contributed by atoms with van der Waals surface area (Å²) < 4.78 is 15.3. The van der Waals surface area contributed by atoms with Gasteiger partial charge in [-0.3, -0.25) is 0 Å². The molecule has 2 aromatic rings. The highest BCUT2D eigenvalue weighted by Gasteiger charge is 2.17. The fourth-order valence-corrected chi connectivity index (χ4v) is 2.04. The molecule has 0 aromatic heterocycles. The van der Waals surface area contributed by atoms with Crippen LogP contribution in [0.3, 0.4) is 0 Å². The van der Waals surface area contributed by atoms with Gasteiger partial charge in [-0.2, -0.15) is 5.26 Å². The molecule has 6 heteroatoms. The first-order chi connectivity index (χ1) is 12.0. The van der Waals surface area contributed by atoms with Crippen LogP contribution < -0.4 is 4.74 Å². The van der Waals surface area contributed by atoms with E-state index in [0.717, 1.165) is 0 Å². The van der Waals surface area contributed by atoms with Crippen LogP contribution in [0.15, 0.2) is 48.5 Å². The zero-order chi connectivity index (χ0) is 18.2. The summed E-state index contributed by atoms with van der Waals surface area (Å²) in [5.74, 6) is -0.519. The standard InChI is InChI=1S/C19H17NO5/c1-13(25-17-8-6-14(11-20)7-9-17)18(21)24-12-15-4-3-5-16(10-15)19(22)23-2/h3-10,13H,12H2,1-2H3/t13-/m1/s1. The number of methoxy groups -OCH3 is 1. The van der Waals surface area contributed by atoms with Crippen molar-refractivity contribution in [3.05, 3.63) is 65.2 Å². The van der Waals surface area contributed by atoms with Gasteiger partial charge in [0, 0.05) is 0 Å². The second-order valence-electron chi connectivity index (χ2n) is 5.20. The largest absolute Gasteiger partial charge is 0.479 e. The summed E-state index contributed by atoms with van der Waals surface area (Å²) in [6.07, 6.45) is -0.809. The molecule has 128 valence electrons. The monoisotopic (exact) mass is 339 g/mol. The Morgan fingerprint density at radius 2 is 1.88 bits per heavy atom. The highest BCUT2D eigenvalue weighted by atomic mass is 16.6. The first-order valence-corrected chi connectivity index (χ1v) is 7.54. The minimum absolute atomic E-state index is 0.0186. The van der Waals surface area contributed by atoms with E-state index in [1.165, 1.54) is 7.11 Å². The molecule has 0 saturated carbocycles. The fraction of sp³-hybridized carbons (Fsp3) is 0.211. The van der Waals surface area contributed by atoms with Gasteiger partial charge < -0.3 is 14.2 Å². The summed E-state index contributed by atoms with van der Waals surface area (Å²) in [6.45, 7) is 1.59. The topological polar surface area (TPSA) is 85.6 Å². The van der Waals surface area contributed by atoms with Crippen LogP contribution in [-0.2, 0) is 20.9 Å². The molecule has 0 saturated heterocycles. The van der Waals surface area contributed by atoms with Gasteiger partial charge in [-0.05, 0) is 48.9 Å². The van der Waals surface area contributed by atoms with Crippen molar-refractivity contribution in [3.8, 4) is 11.8 Å². The van der Waals surface area contributed by atoms with Gasteiger partial charge in [0.15, 0.2) is 6.10 Å². The number of nitrogens with zero attached hydrogens (tertiary/aromatic N) is 1. The van der Waals surface area contributed by atoms with E-state index >= 15 is 0 Å². The van der Waals surface area contributed by atoms with Crippen molar-refractivity contribution in [1.82, 2.24) is 0 Å². The van der Waals surface area contributed by atoms with E-state index in [1.807, 2.05) is 6.07 Å². The Bertz CT molecular complexity index is 792. The van der Waals surface area contributed by atoms with E-state index in [0.29, 0.717) is 22.4 Å². The lowest BCUT2D eigenvalue weighted by molar-refractivity contribution is -0.152. The van der Waals surface area contributed by atoms with Crippen LogP contribution in [-0.4, -0.2) is 25.2 Å². The highest BCUT2D eigenvalue weighted by molar-refractivity contribution is 5.89. The Labute approximate surface area is 145 Å². The van der Waals surface area contributed by atoms with Crippen molar-refractivity contribution >= 4 is 11.9 Å². The predicted octanol–water partition coefficient (Wildman–Crippen LogP) is 2.86. The molecule has 0 fully saturated rings. The number of nitriles is 1. The number of esters is 2. The van der Waals surface area contributed by atoms with E-state index in [4.69, 9.17) is 14.7 Å².